The highest BCUT2D eigenvalue weighted by molar-refractivity contribution is 5.61. The minimum Gasteiger partial charge on any atom is -0.368 e. The van der Waals surface area contributed by atoms with Gasteiger partial charge in [0.1, 0.15) is 5.60 Å². The predicted molar refractivity (Wildman–Crippen MR) is 57.3 cm³/mol. The lowest BCUT2D eigenvalue weighted by atomic mass is 9.82. The molecule has 2 nitrogen and oxygen atoms in total. The highest BCUT2D eigenvalue weighted by Crippen LogP contribution is 2.31. The van der Waals surface area contributed by atoms with Crippen molar-refractivity contribution in [3.63, 3.8) is 0 Å². The molecule has 0 heterocycles. The maximum absolute atomic E-state index is 11.0. The van der Waals surface area contributed by atoms with E-state index in [0.717, 1.165) is 12.7 Å². The predicted octanol–water partition coefficient (Wildman–Crippen LogP) is 2.95. The van der Waals surface area contributed by atoms with Crippen molar-refractivity contribution in [1.29, 1.82) is 0 Å². The van der Waals surface area contributed by atoms with Crippen LogP contribution in [0.4, 0.5) is 0 Å². The Morgan fingerprint density at radius 2 is 2.00 bits per heavy atom. The molecule has 0 aromatic rings. The molecule has 2 heteroatoms. The molecular weight excluding hydrogens is 176 g/mol. The van der Waals surface area contributed by atoms with Gasteiger partial charge in [-0.1, -0.05) is 32.1 Å². The van der Waals surface area contributed by atoms with Gasteiger partial charge >= 0.3 is 0 Å². The summed E-state index contributed by atoms with van der Waals surface area (Å²) >= 11 is 0. The fourth-order valence-corrected chi connectivity index (χ4v) is 2.44. The van der Waals surface area contributed by atoms with Crippen molar-refractivity contribution in [1.82, 2.24) is 0 Å². The van der Waals surface area contributed by atoms with Crippen LogP contribution < -0.4 is 0 Å². The minimum atomic E-state index is -0.531. The van der Waals surface area contributed by atoms with Crippen molar-refractivity contribution >= 4 is 6.29 Å². The van der Waals surface area contributed by atoms with Gasteiger partial charge in [0, 0.05) is 6.61 Å². The Morgan fingerprint density at radius 3 is 2.50 bits per heavy atom. The summed E-state index contributed by atoms with van der Waals surface area (Å²) in [5.41, 5.74) is -0.531. The van der Waals surface area contributed by atoms with Gasteiger partial charge in [0.2, 0.25) is 0 Å². The third kappa shape index (κ3) is 3.41. The molecule has 1 aliphatic rings. The first-order valence-corrected chi connectivity index (χ1v) is 5.80. The van der Waals surface area contributed by atoms with Gasteiger partial charge in [0.05, 0.1) is 0 Å². The van der Waals surface area contributed by atoms with Crippen molar-refractivity contribution in [2.75, 3.05) is 6.61 Å². The topological polar surface area (TPSA) is 26.3 Å². The van der Waals surface area contributed by atoms with Crippen LogP contribution in [0.2, 0.25) is 0 Å². The van der Waals surface area contributed by atoms with Crippen LogP contribution >= 0.6 is 0 Å². The maximum atomic E-state index is 11.0. The molecule has 1 rings (SSSR count). The molecule has 1 atom stereocenters. The molecular formula is C12H22O2. The summed E-state index contributed by atoms with van der Waals surface area (Å²) in [6.07, 6.45) is 8.45. The van der Waals surface area contributed by atoms with Crippen LogP contribution in [0.1, 0.15) is 52.4 Å². The molecule has 1 unspecified atom stereocenters. The van der Waals surface area contributed by atoms with E-state index in [1.165, 1.54) is 32.1 Å². The third-order valence-corrected chi connectivity index (χ3v) is 3.14. The number of carbonyl (C=O) groups excluding carboxylic acids is 1. The first-order valence-electron chi connectivity index (χ1n) is 5.80. The van der Waals surface area contributed by atoms with E-state index in [0.29, 0.717) is 12.5 Å². The summed E-state index contributed by atoms with van der Waals surface area (Å²) in [7, 11) is 0. The lowest BCUT2D eigenvalue weighted by molar-refractivity contribution is -0.131. The fraction of sp³-hybridized carbons (Fsp3) is 0.917. The largest absolute Gasteiger partial charge is 0.368 e. The van der Waals surface area contributed by atoms with E-state index in [4.69, 9.17) is 4.74 Å². The summed E-state index contributed by atoms with van der Waals surface area (Å²) in [4.78, 5) is 11.0. The molecule has 0 aliphatic heterocycles. The molecule has 0 amide bonds. The van der Waals surface area contributed by atoms with Gasteiger partial charge in [-0.15, -0.1) is 0 Å². The van der Waals surface area contributed by atoms with Gasteiger partial charge in [-0.3, -0.25) is 0 Å². The lowest BCUT2D eigenvalue weighted by Crippen LogP contribution is -2.33. The van der Waals surface area contributed by atoms with Gasteiger partial charge in [-0.05, 0) is 26.2 Å². The monoisotopic (exact) mass is 198 g/mol. The van der Waals surface area contributed by atoms with Crippen LogP contribution in [0, 0.1) is 5.92 Å². The number of ether oxygens (including phenoxy) is 1. The van der Waals surface area contributed by atoms with Crippen LogP contribution in [0.25, 0.3) is 0 Å². The molecule has 0 N–H and O–H groups in total. The second-order valence-electron chi connectivity index (χ2n) is 4.57. The zero-order chi connectivity index (χ0) is 10.4. The molecule has 82 valence electrons. The zero-order valence-corrected chi connectivity index (χ0v) is 9.42. The van der Waals surface area contributed by atoms with Crippen LogP contribution in [0.5, 0.6) is 0 Å². The summed E-state index contributed by atoms with van der Waals surface area (Å²) in [5.74, 6) is 0.700. The van der Waals surface area contributed by atoms with Crippen molar-refractivity contribution in [3.05, 3.63) is 0 Å². The Morgan fingerprint density at radius 1 is 1.36 bits per heavy atom. The second kappa shape index (κ2) is 5.50. The summed E-state index contributed by atoms with van der Waals surface area (Å²) < 4.78 is 5.51. The third-order valence-electron chi connectivity index (χ3n) is 3.14. The van der Waals surface area contributed by atoms with Crippen molar-refractivity contribution in [2.45, 2.75) is 58.0 Å². The number of hydrogen-bond donors (Lipinski definition) is 0. The summed E-state index contributed by atoms with van der Waals surface area (Å²) in [6, 6.07) is 0. The van der Waals surface area contributed by atoms with Crippen LogP contribution in [-0.2, 0) is 9.53 Å². The van der Waals surface area contributed by atoms with Gasteiger partial charge in [-0.25, -0.2) is 0 Å². The van der Waals surface area contributed by atoms with Gasteiger partial charge in [0.15, 0.2) is 6.29 Å². The first kappa shape index (κ1) is 11.7. The molecule has 0 aromatic heterocycles. The zero-order valence-electron chi connectivity index (χ0n) is 9.42. The Labute approximate surface area is 87.0 Å². The fourth-order valence-electron chi connectivity index (χ4n) is 2.44. The van der Waals surface area contributed by atoms with Crippen molar-refractivity contribution in [3.8, 4) is 0 Å². The molecule has 14 heavy (non-hydrogen) atoms. The van der Waals surface area contributed by atoms with E-state index in [2.05, 4.69) is 0 Å². The quantitative estimate of drug-likeness (QED) is 0.635. The smallest absolute Gasteiger partial charge is 0.151 e. The Bertz CT molecular complexity index is 173. The second-order valence-corrected chi connectivity index (χ2v) is 4.57. The van der Waals surface area contributed by atoms with E-state index in [1.807, 2.05) is 13.8 Å². The number of rotatable bonds is 5. The SMILES string of the molecule is CCOC(C)(C=O)CC1CCCCC1. The normalized spacial score (nSPS) is 23.0. The molecule has 1 fully saturated rings. The van der Waals surface area contributed by atoms with Gasteiger partial charge in [-0.2, -0.15) is 0 Å². The molecule has 0 aromatic carbocycles. The van der Waals surface area contributed by atoms with Crippen LogP contribution in [0.15, 0.2) is 0 Å². The molecule has 1 saturated carbocycles. The van der Waals surface area contributed by atoms with E-state index in [-0.39, 0.29) is 0 Å². The minimum absolute atomic E-state index is 0.531. The van der Waals surface area contributed by atoms with E-state index < -0.39 is 5.60 Å². The van der Waals surface area contributed by atoms with Crippen LogP contribution in [-0.4, -0.2) is 18.5 Å². The first-order chi connectivity index (χ1) is 6.70. The highest BCUT2D eigenvalue weighted by Gasteiger charge is 2.28. The Kier molecular flexibility index (Phi) is 4.59. The molecule has 0 spiro atoms. The number of aldehydes is 1. The number of hydrogen-bond acceptors (Lipinski definition) is 2. The molecule has 0 bridgehead atoms. The maximum Gasteiger partial charge on any atom is 0.151 e. The average molecular weight is 198 g/mol. The molecule has 0 saturated heterocycles. The van der Waals surface area contributed by atoms with E-state index >= 15 is 0 Å². The Hall–Kier alpha value is -0.370. The number of carbonyl (C=O) groups is 1. The summed E-state index contributed by atoms with van der Waals surface area (Å²) in [6.45, 7) is 4.49. The van der Waals surface area contributed by atoms with Gasteiger partial charge < -0.3 is 9.53 Å². The standard InChI is InChI=1S/C12H22O2/c1-3-14-12(2,10-13)9-11-7-5-4-6-8-11/h10-11H,3-9H2,1-2H3. The summed E-state index contributed by atoms with van der Waals surface area (Å²) in [5, 5.41) is 0. The molecule has 0 radical (unpaired) electrons. The highest BCUT2D eigenvalue weighted by atomic mass is 16.5. The van der Waals surface area contributed by atoms with Crippen LogP contribution in [0.3, 0.4) is 0 Å². The van der Waals surface area contributed by atoms with Crippen molar-refractivity contribution < 1.29 is 9.53 Å². The Balaban J connectivity index is 2.41. The molecule has 1 aliphatic carbocycles. The van der Waals surface area contributed by atoms with Crippen molar-refractivity contribution in [2.24, 2.45) is 5.92 Å². The van der Waals surface area contributed by atoms with E-state index in [9.17, 15) is 4.79 Å². The van der Waals surface area contributed by atoms with E-state index in [1.54, 1.807) is 0 Å². The average Bonchev–Trinajstić information content (AvgIpc) is 2.20. The lowest BCUT2D eigenvalue weighted by Gasteiger charge is -2.30. The van der Waals surface area contributed by atoms with Gasteiger partial charge in [0.25, 0.3) is 0 Å².